The van der Waals surface area contributed by atoms with Crippen molar-refractivity contribution in [2.45, 2.75) is 37.6 Å². The highest BCUT2D eigenvalue weighted by atomic mass is 19.4. The van der Waals surface area contributed by atoms with Gasteiger partial charge in [0, 0.05) is 24.9 Å². The fraction of sp³-hybridized carbons (Fsp3) is 0.429. The molecule has 4 heterocycles. The third-order valence-electron chi connectivity index (χ3n) is 5.07. The van der Waals surface area contributed by atoms with E-state index in [1.54, 1.807) is 18.5 Å². The molecule has 2 aromatic heterocycles. The molecular formula is C21H22F3N3O5. The van der Waals surface area contributed by atoms with E-state index in [-0.39, 0.29) is 17.6 Å². The smallest absolute Gasteiger partial charge is 0.486 e. The SMILES string of the molecule is Cc1cccc(C(=O)N2CCC3(CC(Oc4cccnc4)CO3)C2)n1.O=C(O)C(F)(F)F. The first-order valence-corrected chi connectivity index (χ1v) is 9.82. The molecule has 1 N–H and O–H groups in total. The number of halogens is 3. The lowest BCUT2D eigenvalue weighted by Crippen LogP contribution is -2.36. The molecule has 2 aliphatic heterocycles. The van der Waals surface area contributed by atoms with Crippen molar-refractivity contribution in [1.29, 1.82) is 0 Å². The van der Waals surface area contributed by atoms with Crippen molar-refractivity contribution in [3.8, 4) is 5.75 Å². The Morgan fingerprint density at radius 2 is 2.03 bits per heavy atom. The third kappa shape index (κ3) is 5.94. The number of alkyl halides is 3. The zero-order chi connectivity index (χ0) is 23.4. The standard InChI is InChI=1S/C19H21N3O3.C2HF3O2/c1-14-4-2-6-17(21-14)18(23)22-9-7-19(13-22)10-16(12-24-19)25-15-5-3-8-20-11-15;3-2(4,5)1(6)7/h2-6,8,11,16H,7,9-10,12-13H2,1H3;(H,6,7). The Morgan fingerprint density at radius 3 is 2.66 bits per heavy atom. The number of carbonyl (C=O) groups is 2. The van der Waals surface area contributed by atoms with Crippen LogP contribution in [0.5, 0.6) is 5.75 Å². The van der Waals surface area contributed by atoms with Gasteiger partial charge in [-0.15, -0.1) is 0 Å². The minimum Gasteiger partial charge on any atom is -0.486 e. The summed E-state index contributed by atoms with van der Waals surface area (Å²) in [6.45, 7) is 3.71. The summed E-state index contributed by atoms with van der Waals surface area (Å²) in [5.41, 5.74) is 1.05. The fourth-order valence-electron chi connectivity index (χ4n) is 3.61. The van der Waals surface area contributed by atoms with E-state index >= 15 is 0 Å². The summed E-state index contributed by atoms with van der Waals surface area (Å²) in [5, 5.41) is 7.12. The molecule has 1 spiro atoms. The summed E-state index contributed by atoms with van der Waals surface area (Å²) in [6, 6.07) is 9.27. The predicted octanol–water partition coefficient (Wildman–Crippen LogP) is 2.87. The normalized spacial score (nSPS) is 22.4. The second kappa shape index (κ2) is 9.51. The molecule has 2 atom stereocenters. The number of aryl methyl sites for hydroxylation is 1. The van der Waals surface area contributed by atoms with Crippen LogP contribution in [0.4, 0.5) is 13.2 Å². The van der Waals surface area contributed by atoms with Crippen LogP contribution in [0.15, 0.2) is 42.7 Å². The van der Waals surface area contributed by atoms with E-state index in [0.717, 1.165) is 24.3 Å². The molecule has 11 heteroatoms. The largest absolute Gasteiger partial charge is 0.490 e. The van der Waals surface area contributed by atoms with Crippen molar-refractivity contribution in [1.82, 2.24) is 14.9 Å². The Morgan fingerprint density at radius 1 is 1.28 bits per heavy atom. The van der Waals surface area contributed by atoms with Gasteiger partial charge in [-0.3, -0.25) is 9.78 Å². The molecule has 1 amide bonds. The number of rotatable bonds is 3. The highest BCUT2D eigenvalue weighted by Gasteiger charge is 2.47. The number of likely N-dealkylation sites (tertiary alicyclic amines) is 1. The van der Waals surface area contributed by atoms with Crippen LogP contribution in [0.2, 0.25) is 0 Å². The number of aliphatic carboxylic acids is 1. The maximum absolute atomic E-state index is 12.7. The Labute approximate surface area is 182 Å². The lowest BCUT2D eigenvalue weighted by molar-refractivity contribution is -0.192. The van der Waals surface area contributed by atoms with E-state index < -0.39 is 12.1 Å². The van der Waals surface area contributed by atoms with Gasteiger partial charge in [-0.25, -0.2) is 9.78 Å². The molecule has 2 unspecified atom stereocenters. The lowest BCUT2D eigenvalue weighted by Gasteiger charge is -2.23. The molecule has 172 valence electrons. The first-order valence-electron chi connectivity index (χ1n) is 9.82. The van der Waals surface area contributed by atoms with Gasteiger partial charge in [0.15, 0.2) is 0 Å². The molecule has 2 fully saturated rings. The number of amides is 1. The molecule has 0 saturated carbocycles. The van der Waals surface area contributed by atoms with Crippen molar-refractivity contribution in [3.05, 3.63) is 54.1 Å². The van der Waals surface area contributed by atoms with E-state index in [1.165, 1.54) is 0 Å². The number of aromatic nitrogens is 2. The van der Waals surface area contributed by atoms with E-state index in [0.29, 0.717) is 25.4 Å². The van der Waals surface area contributed by atoms with Gasteiger partial charge in [-0.1, -0.05) is 6.07 Å². The number of carbonyl (C=O) groups excluding carboxylic acids is 1. The number of ether oxygens (including phenoxy) is 2. The van der Waals surface area contributed by atoms with Gasteiger partial charge in [0.05, 0.1) is 24.9 Å². The van der Waals surface area contributed by atoms with Crippen LogP contribution in [0, 0.1) is 6.92 Å². The minimum atomic E-state index is -5.08. The van der Waals surface area contributed by atoms with Gasteiger partial charge in [0.2, 0.25) is 0 Å². The Kier molecular flexibility index (Phi) is 6.97. The average Bonchev–Trinajstić information content (AvgIpc) is 3.34. The fourth-order valence-corrected chi connectivity index (χ4v) is 3.61. The predicted molar refractivity (Wildman–Crippen MR) is 105 cm³/mol. The zero-order valence-corrected chi connectivity index (χ0v) is 17.2. The van der Waals surface area contributed by atoms with Crippen LogP contribution in [-0.2, 0) is 9.53 Å². The average molecular weight is 453 g/mol. The maximum Gasteiger partial charge on any atom is 0.490 e. The summed E-state index contributed by atoms with van der Waals surface area (Å²) in [4.78, 5) is 31.8. The van der Waals surface area contributed by atoms with Crippen molar-refractivity contribution in [3.63, 3.8) is 0 Å². The minimum absolute atomic E-state index is 0.00338. The molecule has 0 aliphatic carbocycles. The maximum atomic E-state index is 12.7. The summed E-state index contributed by atoms with van der Waals surface area (Å²) in [7, 11) is 0. The summed E-state index contributed by atoms with van der Waals surface area (Å²) < 4.78 is 43.8. The summed E-state index contributed by atoms with van der Waals surface area (Å²) >= 11 is 0. The third-order valence-corrected chi connectivity index (χ3v) is 5.07. The first kappa shape index (κ1) is 23.5. The number of hydrogen-bond donors (Lipinski definition) is 1. The van der Waals surface area contributed by atoms with Gasteiger partial charge in [-0.2, -0.15) is 13.2 Å². The summed E-state index contributed by atoms with van der Waals surface area (Å²) in [6.07, 6.45) is -0.0425. The van der Waals surface area contributed by atoms with Crippen LogP contribution in [0.1, 0.15) is 29.0 Å². The lowest BCUT2D eigenvalue weighted by atomic mass is 9.98. The van der Waals surface area contributed by atoms with Crippen molar-refractivity contribution < 1.29 is 37.3 Å². The van der Waals surface area contributed by atoms with Gasteiger partial charge in [0.1, 0.15) is 17.5 Å². The molecule has 0 radical (unpaired) electrons. The molecule has 2 aromatic rings. The summed E-state index contributed by atoms with van der Waals surface area (Å²) in [5.74, 6) is -2.03. The molecular weight excluding hydrogens is 431 g/mol. The van der Waals surface area contributed by atoms with E-state index in [1.807, 2.05) is 36.1 Å². The van der Waals surface area contributed by atoms with Gasteiger partial charge < -0.3 is 19.5 Å². The van der Waals surface area contributed by atoms with Crippen LogP contribution in [0.25, 0.3) is 0 Å². The van der Waals surface area contributed by atoms with Gasteiger partial charge in [-0.05, 0) is 37.6 Å². The van der Waals surface area contributed by atoms with Crippen molar-refractivity contribution >= 4 is 11.9 Å². The van der Waals surface area contributed by atoms with Crippen LogP contribution in [-0.4, -0.2) is 69.4 Å². The van der Waals surface area contributed by atoms with Crippen LogP contribution >= 0.6 is 0 Å². The van der Waals surface area contributed by atoms with Crippen LogP contribution in [0.3, 0.4) is 0 Å². The highest BCUT2D eigenvalue weighted by molar-refractivity contribution is 5.92. The molecule has 8 nitrogen and oxygen atoms in total. The zero-order valence-electron chi connectivity index (χ0n) is 17.2. The molecule has 2 saturated heterocycles. The number of hydrogen-bond acceptors (Lipinski definition) is 6. The molecule has 2 aliphatic rings. The second-order valence-corrected chi connectivity index (χ2v) is 7.57. The van der Waals surface area contributed by atoms with Gasteiger partial charge in [0.25, 0.3) is 5.91 Å². The number of carboxylic acids is 1. The van der Waals surface area contributed by atoms with Gasteiger partial charge >= 0.3 is 12.1 Å². The van der Waals surface area contributed by atoms with E-state index in [4.69, 9.17) is 19.4 Å². The Hall–Kier alpha value is -3.21. The Bertz CT molecular complexity index is 957. The number of nitrogens with zero attached hydrogens (tertiary/aromatic N) is 3. The Balaban J connectivity index is 0.000000360. The van der Waals surface area contributed by atoms with Crippen LogP contribution < -0.4 is 4.74 Å². The second-order valence-electron chi connectivity index (χ2n) is 7.57. The molecule has 32 heavy (non-hydrogen) atoms. The quantitative estimate of drug-likeness (QED) is 0.763. The topological polar surface area (TPSA) is 102 Å². The number of pyridine rings is 2. The highest BCUT2D eigenvalue weighted by Crippen LogP contribution is 2.37. The van der Waals surface area contributed by atoms with E-state index in [2.05, 4.69) is 9.97 Å². The van der Waals surface area contributed by atoms with Crippen molar-refractivity contribution in [2.24, 2.45) is 0 Å². The molecule has 4 rings (SSSR count). The first-order chi connectivity index (χ1) is 15.1. The monoisotopic (exact) mass is 453 g/mol. The molecule has 0 bridgehead atoms. The van der Waals surface area contributed by atoms with E-state index in [9.17, 15) is 18.0 Å². The molecule has 0 aromatic carbocycles. The number of carboxylic acid groups (broad SMARTS) is 1. The van der Waals surface area contributed by atoms with Crippen molar-refractivity contribution in [2.75, 3.05) is 19.7 Å².